The molecule has 1 saturated heterocycles. The summed E-state index contributed by atoms with van der Waals surface area (Å²) in [5.74, 6) is 1.77. The van der Waals surface area contributed by atoms with Crippen LogP contribution in [0.15, 0.2) is 53.1 Å². The van der Waals surface area contributed by atoms with Gasteiger partial charge in [-0.15, -0.1) is 0 Å². The van der Waals surface area contributed by atoms with Crippen LogP contribution in [0.3, 0.4) is 0 Å². The van der Waals surface area contributed by atoms with E-state index in [2.05, 4.69) is 0 Å². The zero-order valence-corrected chi connectivity index (χ0v) is 14.8. The second kappa shape index (κ2) is 8.03. The third-order valence-corrected chi connectivity index (χ3v) is 6.05. The van der Waals surface area contributed by atoms with Crippen molar-refractivity contribution in [3.8, 4) is 5.75 Å². The maximum atomic E-state index is 11.8. The Labute approximate surface area is 147 Å². The van der Waals surface area contributed by atoms with Crippen LogP contribution in [-0.2, 0) is 16.4 Å². The number of benzene rings is 1. The Morgan fingerprint density at radius 1 is 1.24 bits per heavy atom. The van der Waals surface area contributed by atoms with E-state index >= 15 is 0 Å². The number of aliphatic hydroxyl groups is 1. The number of furan rings is 1. The lowest BCUT2D eigenvalue weighted by molar-refractivity contribution is 0.0497. The number of para-hydroxylation sites is 1. The van der Waals surface area contributed by atoms with Crippen LogP contribution in [-0.4, -0.2) is 55.2 Å². The molecule has 1 aromatic heterocycles. The number of rotatable bonds is 8. The van der Waals surface area contributed by atoms with E-state index in [9.17, 15) is 13.5 Å². The predicted molar refractivity (Wildman–Crippen MR) is 94.1 cm³/mol. The van der Waals surface area contributed by atoms with E-state index in [4.69, 9.17) is 9.15 Å². The molecule has 1 aliphatic rings. The van der Waals surface area contributed by atoms with Crippen LogP contribution in [0.2, 0.25) is 0 Å². The zero-order valence-electron chi connectivity index (χ0n) is 14.0. The van der Waals surface area contributed by atoms with E-state index in [-0.39, 0.29) is 24.2 Å². The van der Waals surface area contributed by atoms with Gasteiger partial charge in [-0.25, -0.2) is 8.42 Å². The number of hydrogen-bond acceptors (Lipinski definition) is 6. The fraction of sp³-hybridized carbons (Fsp3) is 0.444. The molecule has 136 valence electrons. The van der Waals surface area contributed by atoms with Crippen LogP contribution in [0.4, 0.5) is 0 Å². The van der Waals surface area contributed by atoms with E-state index in [0.29, 0.717) is 25.3 Å². The number of ether oxygens (including phenoxy) is 1. The van der Waals surface area contributed by atoms with Crippen LogP contribution >= 0.6 is 0 Å². The molecule has 1 fully saturated rings. The summed E-state index contributed by atoms with van der Waals surface area (Å²) < 4.78 is 34.6. The molecule has 3 rings (SSSR count). The summed E-state index contributed by atoms with van der Waals surface area (Å²) in [6.07, 6.45) is 1.45. The van der Waals surface area contributed by atoms with Gasteiger partial charge in [0.15, 0.2) is 9.84 Å². The van der Waals surface area contributed by atoms with Gasteiger partial charge in [0.25, 0.3) is 0 Å². The highest BCUT2D eigenvalue weighted by molar-refractivity contribution is 7.91. The Bertz CT molecular complexity index is 745. The van der Waals surface area contributed by atoms with Gasteiger partial charge >= 0.3 is 0 Å². The monoisotopic (exact) mass is 365 g/mol. The minimum Gasteiger partial charge on any atom is -0.491 e. The first kappa shape index (κ1) is 18.0. The summed E-state index contributed by atoms with van der Waals surface area (Å²) in [6.45, 7) is 0.946. The molecule has 0 radical (unpaired) electrons. The van der Waals surface area contributed by atoms with Crippen molar-refractivity contribution in [2.24, 2.45) is 0 Å². The van der Waals surface area contributed by atoms with E-state index in [1.54, 1.807) is 12.3 Å². The molecule has 2 unspecified atom stereocenters. The molecule has 0 bridgehead atoms. The summed E-state index contributed by atoms with van der Waals surface area (Å²) in [5.41, 5.74) is 0. The number of aliphatic hydroxyl groups excluding tert-OH is 1. The van der Waals surface area contributed by atoms with E-state index in [1.807, 2.05) is 41.3 Å². The van der Waals surface area contributed by atoms with Crippen molar-refractivity contribution in [3.05, 3.63) is 54.5 Å². The first-order chi connectivity index (χ1) is 12.0. The molecule has 1 aromatic carbocycles. The highest BCUT2D eigenvalue weighted by Crippen LogP contribution is 2.21. The van der Waals surface area contributed by atoms with Gasteiger partial charge < -0.3 is 14.3 Å². The van der Waals surface area contributed by atoms with Gasteiger partial charge in [-0.1, -0.05) is 18.2 Å². The Kier molecular flexibility index (Phi) is 5.78. The van der Waals surface area contributed by atoms with Crippen molar-refractivity contribution in [3.63, 3.8) is 0 Å². The van der Waals surface area contributed by atoms with E-state index in [1.165, 1.54) is 0 Å². The molecule has 0 aliphatic carbocycles. The van der Waals surface area contributed by atoms with Gasteiger partial charge in [0.1, 0.15) is 24.2 Å². The molecule has 0 saturated carbocycles. The average molecular weight is 365 g/mol. The molecular weight excluding hydrogens is 342 g/mol. The van der Waals surface area contributed by atoms with Crippen molar-refractivity contribution in [2.75, 3.05) is 24.7 Å². The van der Waals surface area contributed by atoms with Gasteiger partial charge in [-0.3, -0.25) is 4.90 Å². The highest BCUT2D eigenvalue weighted by Gasteiger charge is 2.33. The van der Waals surface area contributed by atoms with Gasteiger partial charge in [0.2, 0.25) is 0 Å². The molecule has 2 aromatic rings. The Hall–Kier alpha value is -1.83. The maximum absolute atomic E-state index is 11.8. The highest BCUT2D eigenvalue weighted by atomic mass is 32.2. The van der Waals surface area contributed by atoms with Gasteiger partial charge in [-0.2, -0.15) is 0 Å². The Balaban J connectivity index is 1.60. The third kappa shape index (κ3) is 5.32. The minimum atomic E-state index is -3.00. The topological polar surface area (TPSA) is 80.0 Å². The van der Waals surface area contributed by atoms with Crippen LogP contribution in [0.25, 0.3) is 0 Å². The Morgan fingerprint density at radius 3 is 2.68 bits per heavy atom. The summed E-state index contributed by atoms with van der Waals surface area (Å²) in [7, 11) is -3.00. The van der Waals surface area contributed by atoms with Gasteiger partial charge in [0, 0.05) is 12.6 Å². The molecule has 7 heteroatoms. The third-order valence-electron chi connectivity index (χ3n) is 4.29. The molecule has 0 amide bonds. The van der Waals surface area contributed by atoms with E-state index in [0.717, 1.165) is 5.76 Å². The van der Waals surface area contributed by atoms with Crippen LogP contribution < -0.4 is 4.74 Å². The summed E-state index contributed by atoms with van der Waals surface area (Å²) in [5, 5.41) is 10.4. The Morgan fingerprint density at radius 2 is 2.04 bits per heavy atom. The lowest BCUT2D eigenvalue weighted by Crippen LogP contribution is -2.42. The molecule has 1 aliphatic heterocycles. The van der Waals surface area contributed by atoms with E-state index < -0.39 is 15.9 Å². The predicted octanol–water partition coefficient (Wildman–Crippen LogP) is 1.71. The number of nitrogens with zero attached hydrogens (tertiary/aromatic N) is 1. The quantitative estimate of drug-likeness (QED) is 0.767. The number of hydrogen-bond donors (Lipinski definition) is 1. The maximum Gasteiger partial charge on any atom is 0.151 e. The zero-order chi connectivity index (χ0) is 17.7. The molecular formula is C18H23NO5S. The largest absolute Gasteiger partial charge is 0.491 e. The molecule has 6 nitrogen and oxygen atoms in total. The second-order valence-corrected chi connectivity index (χ2v) is 8.57. The lowest BCUT2D eigenvalue weighted by atomic mass is 10.2. The van der Waals surface area contributed by atoms with Crippen LogP contribution in [0, 0.1) is 0 Å². The van der Waals surface area contributed by atoms with Crippen molar-refractivity contribution in [2.45, 2.75) is 25.1 Å². The van der Waals surface area contributed by atoms with Gasteiger partial charge in [0.05, 0.1) is 24.3 Å². The first-order valence-corrected chi connectivity index (χ1v) is 10.2. The fourth-order valence-electron chi connectivity index (χ4n) is 3.04. The average Bonchev–Trinajstić information content (AvgIpc) is 3.22. The SMILES string of the molecule is O=S1(=O)CCC(N(Cc2ccco2)CC(O)COc2ccccc2)C1. The minimum absolute atomic E-state index is 0.110. The second-order valence-electron chi connectivity index (χ2n) is 6.34. The fourth-order valence-corrected chi connectivity index (χ4v) is 4.80. The van der Waals surface area contributed by atoms with Crippen molar-refractivity contribution in [1.82, 2.24) is 4.90 Å². The normalized spacial score (nSPS) is 20.6. The van der Waals surface area contributed by atoms with Gasteiger partial charge in [-0.05, 0) is 30.7 Å². The molecule has 2 atom stereocenters. The number of sulfone groups is 1. The van der Waals surface area contributed by atoms with Crippen LogP contribution in [0.5, 0.6) is 5.75 Å². The smallest absolute Gasteiger partial charge is 0.151 e. The summed E-state index contributed by atoms with van der Waals surface area (Å²) in [4.78, 5) is 1.97. The van der Waals surface area contributed by atoms with Crippen molar-refractivity contribution < 1.29 is 22.7 Å². The molecule has 1 N–H and O–H groups in total. The lowest BCUT2D eigenvalue weighted by Gasteiger charge is -2.29. The molecule has 2 heterocycles. The van der Waals surface area contributed by atoms with Crippen molar-refractivity contribution >= 4 is 9.84 Å². The molecule has 25 heavy (non-hydrogen) atoms. The first-order valence-electron chi connectivity index (χ1n) is 8.34. The molecule has 0 spiro atoms. The summed E-state index contributed by atoms with van der Waals surface area (Å²) in [6, 6.07) is 12.8. The summed E-state index contributed by atoms with van der Waals surface area (Å²) >= 11 is 0. The standard InChI is InChI=1S/C18H23NO5S/c20-16(13-24-17-5-2-1-3-6-17)11-19(12-18-7-4-9-23-18)15-8-10-25(21,22)14-15/h1-7,9,15-16,20H,8,10-14H2. The van der Waals surface area contributed by atoms with Crippen molar-refractivity contribution in [1.29, 1.82) is 0 Å². The van der Waals surface area contributed by atoms with Crippen LogP contribution in [0.1, 0.15) is 12.2 Å².